The van der Waals surface area contributed by atoms with Crippen molar-refractivity contribution in [3.8, 4) is 0 Å². The van der Waals surface area contributed by atoms with Crippen molar-refractivity contribution >= 4 is 45.5 Å². The molecule has 5 heteroatoms. The van der Waals surface area contributed by atoms with E-state index in [9.17, 15) is 4.79 Å². The SMILES string of the molecule is Cc1ccc(C=C2SC(=Nc3ccccc3)N(CCc3c[nH]c4ccccc34)C2=O)cc1. The number of aliphatic imine (C=N–C) groups is 1. The second-order valence-corrected chi connectivity index (χ2v) is 8.83. The first kappa shape index (κ1) is 20.3. The predicted molar refractivity (Wildman–Crippen MR) is 134 cm³/mol. The first-order chi connectivity index (χ1) is 15.7. The lowest BCUT2D eigenvalue weighted by molar-refractivity contribution is -0.122. The Balaban J connectivity index is 1.45. The second kappa shape index (κ2) is 8.89. The third-order valence-electron chi connectivity index (χ3n) is 5.52. The van der Waals surface area contributed by atoms with Gasteiger partial charge >= 0.3 is 0 Å². The van der Waals surface area contributed by atoms with Crippen LogP contribution in [0.5, 0.6) is 0 Å². The maximum Gasteiger partial charge on any atom is 0.266 e. The van der Waals surface area contributed by atoms with Gasteiger partial charge in [0.15, 0.2) is 5.17 Å². The van der Waals surface area contributed by atoms with Gasteiger partial charge in [-0.3, -0.25) is 9.69 Å². The van der Waals surface area contributed by atoms with Gasteiger partial charge in [0.2, 0.25) is 0 Å². The Hall–Kier alpha value is -3.57. The van der Waals surface area contributed by atoms with Crippen LogP contribution < -0.4 is 0 Å². The van der Waals surface area contributed by atoms with Crippen LogP contribution in [0.4, 0.5) is 5.69 Å². The van der Waals surface area contributed by atoms with E-state index in [0.29, 0.717) is 11.4 Å². The monoisotopic (exact) mass is 437 g/mol. The number of amidine groups is 1. The number of benzene rings is 3. The van der Waals surface area contributed by atoms with Crippen molar-refractivity contribution in [1.29, 1.82) is 0 Å². The number of nitrogens with zero attached hydrogens (tertiary/aromatic N) is 2. The summed E-state index contributed by atoms with van der Waals surface area (Å²) in [5, 5.41) is 1.92. The standard InChI is InChI=1S/C27H23N3OS/c1-19-11-13-20(14-12-19)17-25-26(31)30(27(32-25)29-22-7-3-2-4-8-22)16-15-21-18-28-24-10-6-5-9-23(21)24/h2-14,17-18,28H,15-16H2,1H3. The zero-order chi connectivity index (χ0) is 21.9. The average molecular weight is 438 g/mol. The highest BCUT2D eigenvalue weighted by molar-refractivity contribution is 8.18. The second-order valence-electron chi connectivity index (χ2n) is 7.82. The van der Waals surface area contributed by atoms with E-state index >= 15 is 0 Å². The van der Waals surface area contributed by atoms with E-state index in [2.05, 4.69) is 36.2 Å². The van der Waals surface area contributed by atoms with Crippen molar-refractivity contribution in [2.75, 3.05) is 6.54 Å². The van der Waals surface area contributed by atoms with Crippen molar-refractivity contribution < 1.29 is 4.79 Å². The Morgan fingerprint density at radius 3 is 2.53 bits per heavy atom. The van der Waals surface area contributed by atoms with Crippen LogP contribution in [0.3, 0.4) is 0 Å². The molecular weight excluding hydrogens is 414 g/mol. The fraction of sp³-hybridized carbons (Fsp3) is 0.111. The molecule has 0 aliphatic carbocycles. The Labute approximate surface area is 191 Å². The summed E-state index contributed by atoms with van der Waals surface area (Å²) < 4.78 is 0. The minimum absolute atomic E-state index is 0.00472. The minimum atomic E-state index is 0.00472. The average Bonchev–Trinajstić information content (AvgIpc) is 3.35. The molecule has 1 aromatic heterocycles. The molecule has 1 aliphatic heterocycles. The van der Waals surface area contributed by atoms with Crippen molar-refractivity contribution in [3.63, 3.8) is 0 Å². The Bertz CT molecular complexity index is 1320. The van der Waals surface area contributed by atoms with E-state index in [4.69, 9.17) is 4.99 Å². The number of thioether (sulfide) groups is 1. The van der Waals surface area contributed by atoms with E-state index < -0.39 is 0 Å². The lowest BCUT2D eigenvalue weighted by Crippen LogP contribution is -2.31. The molecule has 2 heterocycles. The number of aromatic amines is 1. The number of carbonyl (C=O) groups is 1. The minimum Gasteiger partial charge on any atom is -0.361 e. The van der Waals surface area contributed by atoms with Gasteiger partial charge in [-0.05, 0) is 60.5 Å². The van der Waals surface area contributed by atoms with Gasteiger partial charge in [-0.2, -0.15) is 0 Å². The maximum absolute atomic E-state index is 13.3. The number of amides is 1. The molecule has 1 fully saturated rings. The summed E-state index contributed by atoms with van der Waals surface area (Å²) in [5.74, 6) is 0.00472. The molecule has 0 unspecified atom stereocenters. The molecular formula is C27H23N3OS. The Morgan fingerprint density at radius 1 is 0.969 bits per heavy atom. The summed E-state index contributed by atoms with van der Waals surface area (Å²) in [6, 6.07) is 26.2. The summed E-state index contributed by atoms with van der Waals surface area (Å²) in [4.78, 5) is 24.0. The van der Waals surface area contributed by atoms with Crippen LogP contribution in [-0.4, -0.2) is 27.5 Å². The normalized spacial score (nSPS) is 16.5. The molecule has 1 aliphatic rings. The molecule has 1 saturated heterocycles. The van der Waals surface area contributed by atoms with Crippen LogP contribution in [0.2, 0.25) is 0 Å². The molecule has 0 spiro atoms. The number of rotatable bonds is 5. The zero-order valence-corrected chi connectivity index (χ0v) is 18.6. The van der Waals surface area contributed by atoms with Crippen molar-refractivity contribution in [3.05, 3.63) is 107 Å². The summed E-state index contributed by atoms with van der Waals surface area (Å²) in [5.41, 5.74) is 5.38. The first-order valence-electron chi connectivity index (χ1n) is 10.6. The highest BCUT2D eigenvalue weighted by atomic mass is 32.2. The van der Waals surface area contributed by atoms with Gasteiger partial charge in [-0.25, -0.2) is 4.99 Å². The molecule has 1 amide bonds. The molecule has 0 bridgehead atoms. The summed E-state index contributed by atoms with van der Waals surface area (Å²) >= 11 is 1.44. The van der Waals surface area contributed by atoms with Crippen LogP contribution in [0.15, 0.2) is 95.0 Å². The van der Waals surface area contributed by atoms with E-state index in [1.165, 1.54) is 28.3 Å². The van der Waals surface area contributed by atoms with Crippen molar-refractivity contribution in [2.24, 2.45) is 4.99 Å². The van der Waals surface area contributed by atoms with Gasteiger partial charge < -0.3 is 4.98 Å². The van der Waals surface area contributed by atoms with Gasteiger partial charge in [0.05, 0.1) is 10.6 Å². The van der Waals surface area contributed by atoms with Gasteiger partial charge in [0.1, 0.15) is 0 Å². The van der Waals surface area contributed by atoms with Crippen molar-refractivity contribution in [2.45, 2.75) is 13.3 Å². The Kier molecular flexibility index (Phi) is 5.65. The van der Waals surface area contributed by atoms with Gasteiger partial charge in [0.25, 0.3) is 5.91 Å². The van der Waals surface area contributed by atoms with Gasteiger partial charge in [-0.15, -0.1) is 0 Å². The van der Waals surface area contributed by atoms with Crippen LogP contribution >= 0.6 is 11.8 Å². The fourth-order valence-electron chi connectivity index (χ4n) is 3.79. The third-order valence-corrected chi connectivity index (χ3v) is 6.53. The van der Waals surface area contributed by atoms with E-state index in [-0.39, 0.29) is 5.91 Å². The van der Waals surface area contributed by atoms with E-state index in [1.54, 1.807) is 4.90 Å². The summed E-state index contributed by atoms with van der Waals surface area (Å²) in [6.07, 6.45) is 4.75. The maximum atomic E-state index is 13.3. The molecule has 3 aromatic carbocycles. The highest BCUT2D eigenvalue weighted by Gasteiger charge is 2.33. The van der Waals surface area contributed by atoms with Crippen LogP contribution in [-0.2, 0) is 11.2 Å². The molecule has 5 rings (SSSR count). The molecule has 32 heavy (non-hydrogen) atoms. The van der Waals surface area contributed by atoms with Crippen LogP contribution in [0, 0.1) is 6.92 Å². The number of aryl methyl sites for hydroxylation is 1. The van der Waals surface area contributed by atoms with Crippen molar-refractivity contribution in [1.82, 2.24) is 9.88 Å². The quantitative estimate of drug-likeness (QED) is 0.371. The highest BCUT2D eigenvalue weighted by Crippen LogP contribution is 2.34. The predicted octanol–water partition coefficient (Wildman–Crippen LogP) is 6.32. The number of nitrogens with one attached hydrogen (secondary N) is 1. The number of hydrogen-bond donors (Lipinski definition) is 1. The summed E-state index contributed by atoms with van der Waals surface area (Å²) in [6.45, 7) is 2.63. The van der Waals surface area contributed by atoms with Crippen LogP contribution in [0.25, 0.3) is 17.0 Å². The number of hydrogen-bond acceptors (Lipinski definition) is 3. The fourth-order valence-corrected chi connectivity index (χ4v) is 4.81. The summed E-state index contributed by atoms with van der Waals surface area (Å²) in [7, 11) is 0. The number of carbonyl (C=O) groups excluding carboxylic acids is 1. The molecule has 1 N–H and O–H groups in total. The molecule has 0 atom stereocenters. The zero-order valence-electron chi connectivity index (χ0n) is 17.8. The molecule has 0 radical (unpaired) electrons. The first-order valence-corrected chi connectivity index (χ1v) is 11.5. The third kappa shape index (κ3) is 4.25. The molecule has 4 nitrogen and oxygen atoms in total. The van der Waals surface area contributed by atoms with E-state index in [0.717, 1.165) is 28.4 Å². The van der Waals surface area contributed by atoms with Gasteiger partial charge in [-0.1, -0.05) is 66.2 Å². The number of para-hydroxylation sites is 2. The molecule has 0 saturated carbocycles. The van der Waals surface area contributed by atoms with E-state index in [1.807, 2.05) is 66.9 Å². The molecule has 4 aromatic rings. The molecule has 158 valence electrons. The number of H-pyrrole nitrogens is 1. The number of aromatic nitrogens is 1. The largest absolute Gasteiger partial charge is 0.361 e. The lowest BCUT2D eigenvalue weighted by Gasteiger charge is -2.15. The topological polar surface area (TPSA) is 48.5 Å². The smallest absolute Gasteiger partial charge is 0.266 e. The Morgan fingerprint density at radius 2 is 1.72 bits per heavy atom. The van der Waals surface area contributed by atoms with Gasteiger partial charge in [0, 0.05) is 23.6 Å². The number of fused-ring (bicyclic) bond motifs is 1. The van der Waals surface area contributed by atoms with Crippen LogP contribution in [0.1, 0.15) is 16.7 Å². The lowest BCUT2D eigenvalue weighted by atomic mass is 10.1.